The number of fused-ring (bicyclic) bond motifs is 10. The summed E-state index contributed by atoms with van der Waals surface area (Å²) >= 11 is 0. The molecule has 0 amide bonds. The standard InChI is InChI=1S/C58H58F4N12O4/c1-30(2)47-51-35(13-15-65-47)9-8-22-78-44-25-34(24-40(60)46(44)50-42(62)27-37-53(71-19-17-63-28-32(71)4)69-57(75)73(51)55(37)68-50)23-31(3)48-52-36(14-16-66-48)10-7-21-77-43-12-6-11-39(59)45(43)49-41(61)26-38-54(72-20-18-64-29-33(72)5)70-58(76)74(52)56(38)67-49/h6,11-16,24-27,30-33,63-64H,7-10,17-23,28-29H2,1-5H3/t31?,32-,33-/m0/s1. The number of aromatic nitrogens is 8. The fraction of sp³-hybridized carbons (Fsp3) is 0.379. The van der Waals surface area contributed by atoms with E-state index < -0.39 is 40.6 Å². The summed E-state index contributed by atoms with van der Waals surface area (Å²) in [7, 11) is 0. The number of rotatable bonds is 6. The third-order valence-electron chi connectivity index (χ3n) is 15.5. The molecule has 0 spiro atoms. The number of pyridine rings is 4. The Balaban J connectivity index is 1.01. The van der Waals surface area contributed by atoms with Gasteiger partial charge in [0.15, 0.2) is 22.9 Å². The van der Waals surface area contributed by atoms with E-state index in [0.29, 0.717) is 104 Å². The van der Waals surface area contributed by atoms with E-state index in [9.17, 15) is 9.59 Å². The van der Waals surface area contributed by atoms with Crippen molar-refractivity contribution in [3.8, 4) is 45.4 Å². The third-order valence-corrected chi connectivity index (χ3v) is 15.5. The summed E-state index contributed by atoms with van der Waals surface area (Å²) in [6.45, 7) is 13.5. The largest absolute Gasteiger partial charge is 0.493 e. The Morgan fingerprint density at radius 2 is 1.15 bits per heavy atom. The summed E-state index contributed by atoms with van der Waals surface area (Å²) in [6.07, 6.45) is 5.19. The van der Waals surface area contributed by atoms with E-state index in [4.69, 9.17) is 29.4 Å². The lowest BCUT2D eigenvalue weighted by atomic mass is 9.92. The molecule has 402 valence electrons. The molecule has 0 saturated carbocycles. The highest BCUT2D eigenvalue weighted by Gasteiger charge is 2.33. The minimum Gasteiger partial charge on any atom is -0.493 e. The van der Waals surface area contributed by atoms with Crippen molar-refractivity contribution in [2.75, 3.05) is 62.3 Å². The van der Waals surface area contributed by atoms with Crippen molar-refractivity contribution in [2.45, 2.75) is 90.6 Å². The van der Waals surface area contributed by atoms with Gasteiger partial charge in [-0.1, -0.05) is 26.8 Å². The zero-order valence-corrected chi connectivity index (χ0v) is 44.0. The highest BCUT2D eigenvalue weighted by Crippen LogP contribution is 2.42. The summed E-state index contributed by atoms with van der Waals surface area (Å²) in [5.74, 6) is -3.19. The normalized spacial score (nSPS) is 18.0. The lowest BCUT2D eigenvalue weighted by Crippen LogP contribution is -2.50. The number of aryl methyl sites for hydroxylation is 2. The van der Waals surface area contributed by atoms with Crippen LogP contribution < -0.4 is 41.3 Å². The van der Waals surface area contributed by atoms with Gasteiger partial charge in [0.05, 0.1) is 57.9 Å². The van der Waals surface area contributed by atoms with E-state index in [-0.39, 0.29) is 100.0 Å². The predicted octanol–water partition coefficient (Wildman–Crippen LogP) is 8.27. The molecule has 3 atom stereocenters. The number of anilines is 2. The highest BCUT2D eigenvalue weighted by molar-refractivity contribution is 5.92. The Bertz CT molecular complexity index is 3830. The van der Waals surface area contributed by atoms with E-state index in [1.54, 1.807) is 24.5 Å². The maximum absolute atomic E-state index is 17.5. The molecule has 78 heavy (non-hydrogen) atoms. The smallest absolute Gasteiger partial charge is 0.355 e. The van der Waals surface area contributed by atoms with Crippen molar-refractivity contribution in [2.24, 2.45) is 0 Å². The monoisotopic (exact) mass is 1060 g/mol. The number of ether oxygens (including phenoxy) is 2. The second kappa shape index (κ2) is 20.5. The van der Waals surface area contributed by atoms with Crippen LogP contribution in [0.1, 0.15) is 87.4 Å². The lowest BCUT2D eigenvalue weighted by Gasteiger charge is -2.35. The molecule has 4 bridgehead atoms. The van der Waals surface area contributed by atoms with Gasteiger partial charge in [-0.15, -0.1) is 0 Å². The second-order valence-corrected chi connectivity index (χ2v) is 21.1. The SMILES string of the molecule is CC(C)c1nccc2c1-n1c(=O)nc(N3CCNC[C@@H]3C)c3cc(F)c(nc31)-c1c(F)cc(CC(C)c3nccc4c3-n3c(=O)nc(N5CCNC[C@@H]5C)c5cc(F)c(nc53)-c3c(F)cccc3OCCC4)cc1OCCC2. The minimum atomic E-state index is -0.835. The number of nitrogens with one attached hydrogen (secondary N) is 2. The zero-order chi connectivity index (χ0) is 54.1. The first-order valence-electron chi connectivity index (χ1n) is 26.8. The second-order valence-electron chi connectivity index (χ2n) is 21.1. The van der Waals surface area contributed by atoms with Gasteiger partial charge in [-0.3, -0.25) is 9.97 Å². The Morgan fingerprint density at radius 3 is 1.71 bits per heavy atom. The molecule has 0 aliphatic carbocycles. The maximum Gasteiger partial charge on any atom is 0.355 e. The van der Waals surface area contributed by atoms with Gasteiger partial charge in [-0.2, -0.15) is 9.97 Å². The van der Waals surface area contributed by atoms with Crippen LogP contribution in [0.4, 0.5) is 29.2 Å². The zero-order valence-electron chi connectivity index (χ0n) is 44.0. The summed E-state index contributed by atoms with van der Waals surface area (Å²) in [6, 6.07) is 13.3. The van der Waals surface area contributed by atoms with Crippen molar-refractivity contribution in [1.29, 1.82) is 0 Å². The average Bonchev–Trinajstić information content (AvgIpc) is 3.57. The third kappa shape index (κ3) is 8.87. The molecule has 10 heterocycles. The lowest BCUT2D eigenvalue weighted by molar-refractivity contribution is 0.310. The topological polar surface area (TPSA) is 170 Å². The number of hydrogen-bond donors (Lipinski definition) is 2. The van der Waals surface area contributed by atoms with Crippen LogP contribution in [-0.2, 0) is 19.3 Å². The molecule has 20 heteroatoms. The first-order chi connectivity index (χ1) is 37.7. The van der Waals surface area contributed by atoms with Crippen LogP contribution in [0.25, 0.3) is 56.0 Å². The van der Waals surface area contributed by atoms with Crippen LogP contribution in [-0.4, -0.2) is 104 Å². The van der Waals surface area contributed by atoms with Crippen LogP contribution in [0.15, 0.2) is 76.6 Å². The number of benzene rings is 2. The van der Waals surface area contributed by atoms with Gasteiger partial charge in [0.2, 0.25) is 0 Å². The highest BCUT2D eigenvalue weighted by atomic mass is 19.1. The molecule has 2 fully saturated rings. The molecular formula is C58H58F4N12O4. The van der Waals surface area contributed by atoms with Crippen molar-refractivity contribution in [3.63, 3.8) is 0 Å². The average molecular weight is 1060 g/mol. The van der Waals surface area contributed by atoms with Gasteiger partial charge in [-0.25, -0.2) is 46.3 Å². The first-order valence-corrected chi connectivity index (χ1v) is 26.8. The molecule has 8 aromatic rings. The summed E-state index contributed by atoms with van der Waals surface area (Å²) < 4.78 is 82.7. The quantitative estimate of drug-likeness (QED) is 0.153. The fourth-order valence-corrected chi connectivity index (χ4v) is 11.7. The predicted molar refractivity (Wildman–Crippen MR) is 290 cm³/mol. The molecule has 2 aromatic carbocycles. The molecule has 12 rings (SSSR count). The van der Waals surface area contributed by atoms with Crippen molar-refractivity contribution < 1.29 is 27.0 Å². The molecule has 6 aromatic heterocycles. The molecule has 16 nitrogen and oxygen atoms in total. The number of hydrogen-bond acceptors (Lipinski definition) is 14. The fourth-order valence-electron chi connectivity index (χ4n) is 11.7. The van der Waals surface area contributed by atoms with Crippen LogP contribution in [0.5, 0.6) is 11.5 Å². The first kappa shape index (κ1) is 50.9. The van der Waals surface area contributed by atoms with E-state index in [2.05, 4.69) is 20.6 Å². The number of piperazine rings is 2. The van der Waals surface area contributed by atoms with E-state index >= 15 is 17.6 Å². The molecule has 0 radical (unpaired) electrons. The van der Waals surface area contributed by atoms with Crippen molar-refractivity contribution >= 4 is 33.7 Å². The number of halogens is 4. The van der Waals surface area contributed by atoms with Gasteiger partial charge < -0.3 is 29.9 Å². The van der Waals surface area contributed by atoms with Gasteiger partial charge in [0, 0.05) is 69.7 Å². The van der Waals surface area contributed by atoms with Crippen LogP contribution in [0.2, 0.25) is 0 Å². The minimum absolute atomic E-state index is 0.0452. The Morgan fingerprint density at radius 1 is 0.628 bits per heavy atom. The summed E-state index contributed by atoms with van der Waals surface area (Å²) in [4.78, 5) is 62.2. The Hall–Kier alpha value is -7.84. The molecule has 4 aliphatic rings. The van der Waals surface area contributed by atoms with Gasteiger partial charge in [0.1, 0.15) is 46.2 Å². The molecular weight excluding hydrogens is 1000 g/mol. The molecule has 2 saturated heterocycles. The van der Waals surface area contributed by atoms with Crippen molar-refractivity contribution in [1.82, 2.24) is 49.7 Å². The van der Waals surface area contributed by atoms with Gasteiger partial charge in [-0.05, 0) is 117 Å². The molecule has 4 aliphatic heterocycles. The molecule has 1 unspecified atom stereocenters. The van der Waals surface area contributed by atoms with E-state index in [1.807, 2.05) is 56.6 Å². The van der Waals surface area contributed by atoms with Crippen LogP contribution >= 0.6 is 0 Å². The summed E-state index contributed by atoms with van der Waals surface area (Å²) in [5.41, 5.74) is 1.68. The van der Waals surface area contributed by atoms with Crippen molar-refractivity contribution in [3.05, 3.63) is 139 Å². The van der Waals surface area contributed by atoms with Gasteiger partial charge >= 0.3 is 11.4 Å². The van der Waals surface area contributed by atoms with Crippen LogP contribution in [0, 0.1) is 23.3 Å². The maximum atomic E-state index is 17.5. The number of nitrogens with zero attached hydrogens (tertiary/aromatic N) is 10. The Kier molecular flexibility index (Phi) is 13.4. The summed E-state index contributed by atoms with van der Waals surface area (Å²) in [5, 5.41) is 7.24. The van der Waals surface area contributed by atoms with E-state index in [0.717, 1.165) is 5.56 Å². The van der Waals surface area contributed by atoms with E-state index in [1.165, 1.54) is 39.5 Å². The van der Waals surface area contributed by atoms with Crippen LogP contribution in [0.3, 0.4) is 0 Å². The Labute approximate surface area is 446 Å². The van der Waals surface area contributed by atoms with Gasteiger partial charge in [0.25, 0.3) is 0 Å². The molecule has 2 N–H and O–H groups in total.